The molecular weight excluding hydrogens is 193 g/mol. The first kappa shape index (κ1) is 11.3. The summed E-state index contributed by atoms with van der Waals surface area (Å²) >= 11 is 0. The average molecular weight is 215 g/mol. The highest BCUT2D eigenvalue weighted by Crippen LogP contribution is 2.19. The van der Waals surface area contributed by atoms with E-state index in [2.05, 4.69) is 22.6 Å². The smallest absolute Gasteiger partial charge is 0.136 e. The van der Waals surface area contributed by atoms with Crippen LogP contribution in [0.1, 0.15) is 19.3 Å². The lowest BCUT2D eigenvalue weighted by Crippen LogP contribution is -2.49. The first-order valence-corrected chi connectivity index (χ1v) is 6.00. The first-order chi connectivity index (χ1) is 7.18. The summed E-state index contributed by atoms with van der Waals surface area (Å²) < 4.78 is 14.0. The molecule has 0 amide bonds. The zero-order valence-electron chi connectivity index (χ0n) is 9.56. The number of hydrogen-bond acceptors (Lipinski definition) is 3. The molecule has 0 aromatic heterocycles. The van der Waals surface area contributed by atoms with Crippen LogP contribution in [0.15, 0.2) is 0 Å². The highest BCUT2D eigenvalue weighted by atomic mass is 19.1. The Kier molecular flexibility index (Phi) is 3.59. The Morgan fingerprint density at radius 1 is 1.60 bits per heavy atom. The summed E-state index contributed by atoms with van der Waals surface area (Å²) in [5.41, 5.74) is -1.00. The maximum Gasteiger partial charge on any atom is 0.136 e. The molecule has 2 fully saturated rings. The van der Waals surface area contributed by atoms with E-state index < -0.39 is 5.67 Å². The van der Waals surface area contributed by atoms with Gasteiger partial charge in [0.1, 0.15) is 5.67 Å². The molecule has 15 heavy (non-hydrogen) atoms. The van der Waals surface area contributed by atoms with E-state index in [1.165, 1.54) is 19.4 Å². The summed E-state index contributed by atoms with van der Waals surface area (Å²) in [6.45, 7) is 4.09. The van der Waals surface area contributed by atoms with Gasteiger partial charge in [0.05, 0.1) is 0 Å². The molecule has 88 valence electrons. The molecule has 2 rings (SSSR count). The molecule has 2 aliphatic rings. The minimum absolute atomic E-state index is 0.483. The third-order valence-corrected chi connectivity index (χ3v) is 3.52. The fourth-order valence-electron chi connectivity index (χ4n) is 2.52. The van der Waals surface area contributed by atoms with Gasteiger partial charge in [-0.05, 0) is 39.4 Å². The van der Waals surface area contributed by atoms with Gasteiger partial charge in [0.2, 0.25) is 0 Å². The summed E-state index contributed by atoms with van der Waals surface area (Å²) in [6.07, 6.45) is 3.07. The van der Waals surface area contributed by atoms with Crippen molar-refractivity contribution in [2.24, 2.45) is 0 Å². The van der Waals surface area contributed by atoms with Crippen molar-refractivity contribution < 1.29 is 4.39 Å². The van der Waals surface area contributed by atoms with E-state index >= 15 is 0 Å². The Morgan fingerprint density at radius 2 is 2.47 bits per heavy atom. The van der Waals surface area contributed by atoms with Crippen LogP contribution in [0.2, 0.25) is 0 Å². The van der Waals surface area contributed by atoms with Crippen LogP contribution in [0.3, 0.4) is 0 Å². The Balaban J connectivity index is 1.72. The highest BCUT2D eigenvalue weighted by Gasteiger charge is 2.34. The molecule has 0 spiro atoms. The molecule has 2 aliphatic heterocycles. The van der Waals surface area contributed by atoms with E-state index in [-0.39, 0.29) is 0 Å². The van der Waals surface area contributed by atoms with Crippen molar-refractivity contribution in [3.05, 3.63) is 0 Å². The van der Waals surface area contributed by atoms with Crippen LogP contribution in [0.25, 0.3) is 0 Å². The topological polar surface area (TPSA) is 27.3 Å². The fourth-order valence-corrected chi connectivity index (χ4v) is 2.52. The van der Waals surface area contributed by atoms with E-state index in [4.69, 9.17) is 0 Å². The van der Waals surface area contributed by atoms with E-state index in [0.29, 0.717) is 25.6 Å². The van der Waals surface area contributed by atoms with Crippen LogP contribution in [-0.2, 0) is 0 Å². The van der Waals surface area contributed by atoms with E-state index in [9.17, 15) is 4.39 Å². The van der Waals surface area contributed by atoms with Crippen molar-refractivity contribution in [1.82, 2.24) is 15.5 Å². The molecule has 0 aromatic rings. The van der Waals surface area contributed by atoms with E-state index in [0.717, 1.165) is 13.1 Å². The van der Waals surface area contributed by atoms with Crippen molar-refractivity contribution in [2.75, 3.05) is 39.8 Å². The van der Waals surface area contributed by atoms with Crippen molar-refractivity contribution in [3.8, 4) is 0 Å². The molecule has 2 saturated heterocycles. The zero-order valence-corrected chi connectivity index (χ0v) is 9.56. The number of piperidine rings is 1. The van der Waals surface area contributed by atoms with Crippen LogP contribution in [0, 0.1) is 0 Å². The van der Waals surface area contributed by atoms with Crippen LogP contribution < -0.4 is 10.6 Å². The Labute approximate surface area is 91.4 Å². The van der Waals surface area contributed by atoms with Gasteiger partial charge in [-0.2, -0.15) is 0 Å². The van der Waals surface area contributed by atoms with Crippen molar-refractivity contribution >= 4 is 0 Å². The van der Waals surface area contributed by atoms with Crippen molar-refractivity contribution in [1.29, 1.82) is 0 Å². The molecule has 0 bridgehead atoms. The quantitative estimate of drug-likeness (QED) is 0.712. The SMILES string of the molecule is CN1CCCC(NCC2(F)CCNC2)C1. The van der Waals surface area contributed by atoms with Gasteiger partial charge in [-0.15, -0.1) is 0 Å². The Morgan fingerprint density at radius 3 is 3.13 bits per heavy atom. The molecule has 0 saturated carbocycles. The molecule has 3 nitrogen and oxygen atoms in total. The van der Waals surface area contributed by atoms with Gasteiger partial charge in [0.25, 0.3) is 0 Å². The zero-order chi connectivity index (χ0) is 10.7. The Hall–Kier alpha value is -0.190. The minimum Gasteiger partial charge on any atom is -0.313 e. The monoisotopic (exact) mass is 215 g/mol. The molecule has 0 radical (unpaired) electrons. The summed E-state index contributed by atoms with van der Waals surface area (Å²) in [6, 6.07) is 0.483. The van der Waals surface area contributed by atoms with Crippen LogP contribution in [0.5, 0.6) is 0 Å². The third-order valence-electron chi connectivity index (χ3n) is 3.52. The molecular formula is C11H22FN3. The molecule has 4 heteroatoms. The minimum atomic E-state index is -1.00. The van der Waals surface area contributed by atoms with E-state index in [1.807, 2.05) is 0 Å². The number of likely N-dealkylation sites (tertiary alicyclic amines) is 1. The summed E-state index contributed by atoms with van der Waals surface area (Å²) in [4.78, 5) is 2.32. The second-order valence-electron chi connectivity index (χ2n) is 5.06. The Bertz CT molecular complexity index is 204. The number of rotatable bonds is 3. The van der Waals surface area contributed by atoms with E-state index in [1.54, 1.807) is 0 Å². The van der Waals surface area contributed by atoms with Crippen LogP contribution in [0.4, 0.5) is 4.39 Å². The number of alkyl halides is 1. The van der Waals surface area contributed by atoms with Gasteiger partial charge in [-0.25, -0.2) is 4.39 Å². The van der Waals surface area contributed by atoms with Gasteiger partial charge in [0, 0.05) is 25.7 Å². The summed E-state index contributed by atoms with van der Waals surface area (Å²) in [7, 11) is 2.14. The maximum absolute atomic E-state index is 14.0. The molecule has 2 unspecified atom stereocenters. The first-order valence-electron chi connectivity index (χ1n) is 6.00. The maximum atomic E-state index is 14.0. The lowest BCUT2D eigenvalue weighted by Gasteiger charge is -2.32. The van der Waals surface area contributed by atoms with Crippen LogP contribution in [-0.4, -0.2) is 56.4 Å². The summed E-state index contributed by atoms with van der Waals surface area (Å²) in [5.74, 6) is 0. The van der Waals surface area contributed by atoms with Gasteiger partial charge in [-0.3, -0.25) is 0 Å². The van der Waals surface area contributed by atoms with Gasteiger partial charge >= 0.3 is 0 Å². The van der Waals surface area contributed by atoms with Gasteiger partial charge in [0.15, 0.2) is 0 Å². The molecule has 2 N–H and O–H groups in total. The fraction of sp³-hybridized carbons (Fsp3) is 1.00. The summed E-state index contributed by atoms with van der Waals surface area (Å²) in [5, 5.41) is 6.46. The molecule has 2 heterocycles. The number of nitrogens with zero attached hydrogens (tertiary/aromatic N) is 1. The third kappa shape index (κ3) is 3.13. The van der Waals surface area contributed by atoms with Crippen molar-refractivity contribution in [2.45, 2.75) is 31.0 Å². The molecule has 0 aromatic carbocycles. The largest absolute Gasteiger partial charge is 0.313 e. The number of nitrogens with one attached hydrogen (secondary N) is 2. The van der Waals surface area contributed by atoms with Gasteiger partial charge in [-0.1, -0.05) is 0 Å². The number of likely N-dealkylation sites (N-methyl/N-ethyl adjacent to an activating group) is 1. The molecule has 0 aliphatic carbocycles. The predicted octanol–water partition coefficient (Wildman–Crippen LogP) is 0.372. The predicted molar refractivity (Wildman–Crippen MR) is 59.8 cm³/mol. The van der Waals surface area contributed by atoms with Crippen LogP contribution >= 0.6 is 0 Å². The number of halogens is 1. The normalized spacial score (nSPS) is 38.4. The second-order valence-corrected chi connectivity index (χ2v) is 5.06. The highest BCUT2D eigenvalue weighted by molar-refractivity contribution is 4.91. The molecule has 2 atom stereocenters. The average Bonchev–Trinajstić information content (AvgIpc) is 2.63. The standard InChI is InChI=1S/C11H22FN3/c1-15-6-2-3-10(7-15)14-9-11(12)4-5-13-8-11/h10,13-14H,2-9H2,1H3. The second kappa shape index (κ2) is 4.76. The lowest BCUT2D eigenvalue weighted by atomic mass is 10.0. The lowest BCUT2D eigenvalue weighted by molar-refractivity contribution is 0.158. The van der Waals surface area contributed by atoms with Crippen molar-refractivity contribution in [3.63, 3.8) is 0 Å². The number of hydrogen-bond donors (Lipinski definition) is 2. The van der Waals surface area contributed by atoms with Gasteiger partial charge < -0.3 is 15.5 Å².